The molecule has 2 aromatic rings. The first-order valence-electron chi connectivity index (χ1n) is 14.4. The smallest absolute Gasteiger partial charge is 0.427 e. The Kier molecular flexibility index (Phi) is 9.68. The van der Waals surface area contributed by atoms with Crippen LogP contribution in [0.4, 0.5) is 0 Å². The Bertz CT molecular complexity index is 1410. The van der Waals surface area contributed by atoms with Crippen LogP contribution in [0.15, 0.2) is 72.1 Å². The molecular weight excluding hydrogens is 605 g/mol. The molecule has 1 saturated heterocycles. The predicted molar refractivity (Wildman–Crippen MR) is 164 cm³/mol. The van der Waals surface area contributed by atoms with Crippen molar-refractivity contribution in [3.05, 3.63) is 72.1 Å². The van der Waals surface area contributed by atoms with Gasteiger partial charge in [0, 0.05) is 5.92 Å². The fourth-order valence-corrected chi connectivity index (χ4v) is 7.70. The summed E-state index contributed by atoms with van der Waals surface area (Å²) in [6.07, 6.45) is -0.449. The van der Waals surface area contributed by atoms with E-state index in [4.69, 9.17) is 27.5 Å². The molecule has 11 nitrogen and oxygen atoms in total. The number of ether oxygens (including phenoxy) is 2. The molecule has 44 heavy (non-hydrogen) atoms. The molecule has 1 amide bonds. The Morgan fingerprint density at radius 2 is 1.43 bits per heavy atom. The van der Waals surface area contributed by atoms with Crippen LogP contribution in [0.1, 0.15) is 34.6 Å². The summed E-state index contributed by atoms with van der Waals surface area (Å²) in [4.78, 5) is 40.6. The zero-order chi connectivity index (χ0) is 32.4. The number of hydrogen-bond donors (Lipinski definition) is 0. The molecule has 2 heterocycles. The molecule has 1 fully saturated rings. The maximum atomic E-state index is 14.3. The number of benzene rings is 2. The highest BCUT2D eigenvalue weighted by Gasteiger charge is 2.62. The van der Waals surface area contributed by atoms with Gasteiger partial charge in [-0.15, -0.1) is 0 Å². The molecule has 0 unspecified atom stereocenters. The van der Waals surface area contributed by atoms with E-state index in [0.29, 0.717) is 0 Å². The van der Waals surface area contributed by atoms with Crippen LogP contribution in [0.3, 0.4) is 0 Å². The van der Waals surface area contributed by atoms with Gasteiger partial charge in [0.1, 0.15) is 17.3 Å². The largest absolute Gasteiger partial charge is 0.646 e. The zero-order valence-electron chi connectivity index (χ0n) is 26.3. The topological polar surface area (TPSA) is 127 Å². The van der Waals surface area contributed by atoms with Gasteiger partial charge >= 0.3 is 19.8 Å². The zero-order valence-corrected chi connectivity index (χ0v) is 28.2. The second-order valence-electron chi connectivity index (χ2n) is 12.7. The third-order valence-corrected chi connectivity index (χ3v) is 9.32. The second-order valence-corrected chi connectivity index (χ2v) is 18.6. The molecule has 4 atom stereocenters. The number of esters is 2. The van der Waals surface area contributed by atoms with E-state index in [1.165, 1.54) is 4.90 Å². The fourth-order valence-electron chi connectivity index (χ4n) is 5.07. The molecule has 2 aromatic carbocycles. The second kappa shape index (κ2) is 12.8. The first kappa shape index (κ1) is 33.3. The Balaban J connectivity index is 1.70. The fraction of sp³-hybridized carbons (Fsp3) is 0.452. The number of nitrogens with zero attached hydrogens (tertiary/aromatic N) is 1. The molecule has 2 aliphatic rings. The highest BCUT2D eigenvalue weighted by molar-refractivity contribution is 7.49. The van der Waals surface area contributed by atoms with Crippen LogP contribution in [0.5, 0.6) is 11.5 Å². The average molecular weight is 646 g/mol. The van der Waals surface area contributed by atoms with Crippen LogP contribution in [0.25, 0.3) is 0 Å². The molecule has 0 radical (unpaired) electrons. The quantitative estimate of drug-likeness (QED) is 0.0855. The van der Waals surface area contributed by atoms with Crippen molar-refractivity contribution >= 4 is 34.0 Å². The number of β-lactam (4-membered cyclic amide) rings is 1. The van der Waals surface area contributed by atoms with Crippen LogP contribution in [0, 0.1) is 17.3 Å². The molecule has 238 valence electrons. The maximum absolute atomic E-state index is 14.3. The third kappa shape index (κ3) is 7.54. The van der Waals surface area contributed by atoms with Crippen LogP contribution < -0.4 is 9.05 Å². The summed E-state index contributed by atoms with van der Waals surface area (Å²) < 4.78 is 48.6. The Hall–Kier alpha value is -3.60. The van der Waals surface area contributed by atoms with Crippen molar-refractivity contribution in [2.75, 3.05) is 6.79 Å². The number of carbonyl (C=O) groups is 3. The number of rotatable bonds is 12. The van der Waals surface area contributed by atoms with Gasteiger partial charge in [-0.1, -0.05) is 43.3 Å². The van der Waals surface area contributed by atoms with Gasteiger partial charge < -0.3 is 27.5 Å². The van der Waals surface area contributed by atoms with Crippen LogP contribution in [0.2, 0.25) is 19.6 Å². The maximum Gasteiger partial charge on any atom is 0.646 e. The third-order valence-electron chi connectivity index (χ3n) is 6.95. The van der Waals surface area contributed by atoms with Crippen molar-refractivity contribution in [3.63, 3.8) is 0 Å². The minimum atomic E-state index is -4.53. The summed E-state index contributed by atoms with van der Waals surface area (Å²) in [7, 11) is -6.55. The lowest BCUT2D eigenvalue weighted by molar-refractivity contribution is -0.175. The lowest BCUT2D eigenvalue weighted by atomic mass is 9.79. The number of phosphoric acid groups is 1. The normalized spacial score (nSPS) is 20.8. The van der Waals surface area contributed by atoms with Crippen LogP contribution >= 0.6 is 7.82 Å². The van der Waals surface area contributed by atoms with Gasteiger partial charge in [-0.3, -0.25) is 14.5 Å². The summed E-state index contributed by atoms with van der Waals surface area (Å²) in [6, 6.07) is 16.1. The van der Waals surface area contributed by atoms with E-state index in [0.717, 1.165) is 0 Å². The van der Waals surface area contributed by atoms with Gasteiger partial charge in [-0.2, -0.15) is 4.57 Å². The van der Waals surface area contributed by atoms with Gasteiger partial charge in [0.25, 0.3) is 0 Å². The first-order chi connectivity index (χ1) is 20.5. The molecule has 4 rings (SSSR count). The number of para-hydroxylation sites is 2. The molecular formula is C31H40NO10PSi. The molecule has 13 heteroatoms. The van der Waals surface area contributed by atoms with Gasteiger partial charge in [-0.05, 0) is 71.6 Å². The van der Waals surface area contributed by atoms with Gasteiger partial charge in [0.15, 0.2) is 14.0 Å². The standard InChI is InChI=1S/C31H40NO10PSi/c1-20-25-24(21(2)42-44(6,7)8)28(33)32(25)26(29(34)37-19-38-30(35)31(3,4)5)27(20)41-43(36,39-22-15-11-9-12-16-22)40-23-17-13-10-14-18-23/h9-18,20-21,24-25H,19H2,1-8H3/t20-,21-,24-,25-/m1/s1. The molecule has 0 bridgehead atoms. The van der Waals surface area contributed by atoms with Crippen molar-refractivity contribution < 1.29 is 46.4 Å². The van der Waals surface area contributed by atoms with Crippen molar-refractivity contribution in [1.82, 2.24) is 4.90 Å². The predicted octanol–water partition coefficient (Wildman–Crippen LogP) is 6.29. The minimum absolute atomic E-state index is 0.103. The Labute approximate surface area is 259 Å². The van der Waals surface area contributed by atoms with Gasteiger partial charge in [0.2, 0.25) is 12.7 Å². The Morgan fingerprint density at radius 1 is 0.909 bits per heavy atom. The summed E-state index contributed by atoms with van der Waals surface area (Å²) in [5, 5.41) is 0. The van der Waals surface area contributed by atoms with Crippen molar-refractivity contribution in [2.24, 2.45) is 17.3 Å². The molecule has 0 spiro atoms. The Morgan fingerprint density at radius 3 is 1.91 bits per heavy atom. The van der Waals surface area contributed by atoms with E-state index in [1.54, 1.807) is 88.4 Å². The summed E-state index contributed by atoms with van der Waals surface area (Å²) in [6.45, 7) is 13.9. The molecule has 0 N–H and O–H groups in total. The van der Waals surface area contributed by atoms with E-state index >= 15 is 0 Å². The van der Waals surface area contributed by atoms with E-state index in [1.807, 2.05) is 26.6 Å². The number of hydrogen-bond acceptors (Lipinski definition) is 10. The number of fused-ring (bicyclic) bond motifs is 1. The summed E-state index contributed by atoms with van der Waals surface area (Å²) in [5.41, 5.74) is -1.08. The summed E-state index contributed by atoms with van der Waals surface area (Å²) >= 11 is 0. The number of carbonyl (C=O) groups excluding carboxylic acids is 3. The van der Waals surface area contributed by atoms with E-state index in [2.05, 4.69) is 0 Å². The average Bonchev–Trinajstić information content (AvgIpc) is 3.15. The van der Waals surface area contributed by atoms with Gasteiger partial charge in [0.05, 0.1) is 23.5 Å². The van der Waals surface area contributed by atoms with Gasteiger partial charge in [-0.25, -0.2) is 4.79 Å². The molecule has 0 saturated carbocycles. The van der Waals surface area contributed by atoms with Crippen molar-refractivity contribution in [2.45, 2.75) is 66.4 Å². The van der Waals surface area contributed by atoms with Crippen molar-refractivity contribution in [1.29, 1.82) is 0 Å². The van der Waals surface area contributed by atoms with E-state index < -0.39 is 64.3 Å². The minimum Gasteiger partial charge on any atom is -0.427 e. The lowest BCUT2D eigenvalue weighted by Crippen LogP contribution is -2.64. The van der Waals surface area contributed by atoms with E-state index in [9.17, 15) is 18.9 Å². The lowest BCUT2D eigenvalue weighted by Gasteiger charge is -2.48. The molecule has 0 aliphatic carbocycles. The monoisotopic (exact) mass is 645 g/mol. The number of phosphoric ester groups is 1. The SMILES string of the molecule is C[C@@H](O[Si](C)(C)C)[C@H]1C(=O)N2C(C(=O)OCOC(=O)C(C)(C)C)=C(OP(=O)(Oc3ccccc3)Oc3ccccc3)[C@H](C)[C@H]12. The van der Waals surface area contributed by atoms with Crippen LogP contribution in [-0.4, -0.2) is 50.0 Å². The highest BCUT2D eigenvalue weighted by Crippen LogP contribution is 2.57. The molecule has 0 aromatic heterocycles. The van der Waals surface area contributed by atoms with Crippen LogP contribution in [-0.2, 0) is 37.4 Å². The van der Waals surface area contributed by atoms with Crippen molar-refractivity contribution in [3.8, 4) is 11.5 Å². The first-order valence-corrected chi connectivity index (χ1v) is 19.3. The highest BCUT2D eigenvalue weighted by atomic mass is 31.2. The summed E-state index contributed by atoms with van der Waals surface area (Å²) in [5.74, 6) is -2.87. The number of amides is 1. The molecule has 2 aliphatic heterocycles. The van der Waals surface area contributed by atoms with E-state index in [-0.39, 0.29) is 28.9 Å².